The summed E-state index contributed by atoms with van der Waals surface area (Å²) in [6.07, 6.45) is 0. The molecule has 6 nitrogen and oxygen atoms in total. The summed E-state index contributed by atoms with van der Waals surface area (Å²) < 4.78 is 0. The van der Waals surface area contributed by atoms with Crippen LogP contribution in [-0.4, -0.2) is 17.4 Å². The molecule has 0 radical (unpaired) electrons. The second-order valence-corrected chi connectivity index (χ2v) is 6.02. The molecule has 0 aliphatic carbocycles. The molecular weight excluding hydrogens is 342 g/mol. The van der Waals surface area contributed by atoms with Gasteiger partial charge in [0.2, 0.25) is 5.91 Å². The number of nitrogens with zero attached hydrogens (tertiary/aromatic N) is 1. The van der Waals surface area contributed by atoms with Gasteiger partial charge in [0.25, 0.3) is 5.69 Å². The average molecular weight is 361 g/mol. The van der Waals surface area contributed by atoms with E-state index in [1.165, 1.54) is 6.07 Å². The molecule has 0 spiro atoms. The molecule has 2 N–H and O–H groups in total. The first-order valence-electron chi connectivity index (χ1n) is 8.48. The number of nitro benzene ring substituents is 1. The number of hydrogen-bond acceptors (Lipinski definition) is 4. The molecule has 0 aliphatic heterocycles. The van der Waals surface area contributed by atoms with E-state index in [0.717, 1.165) is 11.1 Å². The van der Waals surface area contributed by atoms with E-state index in [1.54, 1.807) is 19.1 Å². The normalized spacial score (nSPS) is 10.3. The van der Waals surface area contributed by atoms with Gasteiger partial charge in [-0.2, -0.15) is 0 Å². The van der Waals surface area contributed by atoms with Crippen LogP contribution in [0.2, 0.25) is 0 Å². The first-order valence-corrected chi connectivity index (χ1v) is 8.48. The van der Waals surface area contributed by atoms with Crippen molar-refractivity contribution in [2.24, 2.45) is 0 Å². The fourth-order valence-electron chi connectivity index (χ4n) is 2.84. The van der Waals surface area contributed by atoms with Crippen LogP contribution in [0.4, 0.5) is 17.1 Å². The Morgan fingerprint density at radius 2 is 1.59 bits per heavy atom. The van der Waals surface area contributed by atoms with Crippen molar-refractivity contribution in [3.63, 3.8) is 0 Å². The molecule has 136 valence electrons. The molecule has 0 saturated carbocycles. The summed E-state index contributed by atoms with van der Waals surface area (Å²) in [5.74, 6) is -0.232. The average Bonchev–Trinajstić information content (AvgIpc) is 2.68. The number of amides is 1. The second-order valence-electron chi connectivity index (χ2n) is 6.02. The number of rotatable bonds is 6. The highest BCUT2D eigenvalue weighted by Gasteiger charge is 2.14. The van der Waals surface area contributed by atoms with Gasteiger partial charge in [-0.1, -0.05) is 54.6 Å². The van der Waals surface area contributed by atoms with Crippen LogP contribution in [0.1, 0.15) is 5.56 Å². The lowest BCUT2D eigenvalue weighted by molar-refractivity contribution is -0.385. The Kier molecular flexibility index (Phi) is 5.47. The van der Waals surface area contributed by atoms with Crippen molar-refractivity contribution in [1.29, 1.82) is 0 Å². The zero-order valence-electron chi connectivity index (χ0n) is 14.8. The smallest absolute Gasteiger partial charge is 0.274 e. The van der Waals surface area contributed by atoms with E-state index in [4.69, 9.17) is 0 Å². The van der Waals surface area contributed by atoms with Gasteiger partial charge in [-0.3, -0.25) is 14.9 Å². The van der Waals surface area contributed by atoms with Gasteiger partial charge < -0.3 is 10.6 Å². The van der Waals surface area contributed by atoms with E-state index in [1.807, 2.05) is 54.6 Å². The molecule has 0 heterocycles. The van der Waals surface area contributed by atoms with Gasteiger partial charge in [0.1, 0.15) is 0 Å². The molecule has 1 amide bonds. The van der Waals surface area contributed by atoms with E-state index < -0.39 is 4.92 Å². The van der Waals surface area contributed by atoms with E-state index in [-0.39, 0.29) is 18.1 Å². The fraction of sp³-hybridized carbons (Fsp3) is 0.0952. The van der Waals surface area contributed by atoms with Gasteiger partial charge in [-0.25, -0.2) is 0 Å². The highest BCUT2D eigenvalue weighted by molar-refractivity contribution is 5.97. The molecule has 0 saturated heterocycles. The lowest BCUT2D eigenvalue weighted by atomic mass is 10.0. The maximum absolute atomic E-state index is 12.4. The van der Waals surface area contributed by atoms with Crippen LogP contribution in [0.25, 0.3) is 11.1 Å². The first-order chi connectivity index (χ1) is 13.1. The minimum Gasteiger partial charge on any atom is -0.376 e. The van der Waals surface area contributed by atoms with Crippen LogP contribution in [0.15, 0.2) is 72.8 Å². The van der Waals surface area contributed by atoms with Crippen LogP contribution in [-0.2, 0) is 4.79 Å². The first kappa shape index (κ1) is 18.1. The maximum atomic E-state index is 12.4. The number of benzene rings is 3. The van der Waals surface area contributed by atoms with Gasteiger partial charge in [-0.05, 0) is 24.6 Å². The van der Waals surface area contributed by atoms with Crippen LogP contribution in [0.5, 0.6) is 0 Å². The Morgan fingerprint density at radius 1 is 0.926 bits per heavy atom. The van der Waals surface area contributed by atoms with Crippen LogP contribution < -0.4 is 10.6 Å². The second kappa shape index (κ2) is 8.14. The number of nitro groups is 1. The van der Waals surface area contributed by atoms with Gasteiger partial charge >= 0.3 is 0 Å². The number of hydrogen-bond donors (Lipinski definition) is 2. The number of para-hydroxylation sites is 1. The summed E-state index contributed by atoms with van der Waals surface area (Å²) in [4.78, 5) is 23.0. The predicted molar refractivity (Wildman–Crippen MR) is 107 cm³/mol. The Labute approximate surface area is 157 Å². The summed E-state index contributed by atoms with van der Waals surface area (Å²) in [5.41, 5.74) is 3.74. The number of nitrogens with one attached hydrogen (secondary N) is 2. The number of carbonyl (C=O) groups is 1. The highest BCUT2D eigenvalue weighted by Crippen LogP contribution is 2.28. The van der Waals surface area contributed by atoms with Crippen LogP contribution in [0.3, 0.4) is 0 Å². The largest absolute Gasteiger partial charge is 0.376 e. The van der Waals surface area contributed by atoms with Crippen molar-refractivity contribution >= 4 is 23.0 Å². The lowest BCUT2D eigenvalue weighted by Crippen LogP contribution is -2.22. The Morgan fingerprint density at radius 3 is 2.33 bits per heavy atom. The zero-order valence-corrected chi connectivity index (χ0v) is 14.8. The summed E-state index contributed by atoms with van der Waals surface area (Å²) in [7, 11) is 0. The maximum Gasteiger partial charge on any atom is 0.274 e. The molecular formula is C21H19N3O3. The van der Waals surface area contributed by atoms with E-state index in [2.05, 4.69) is 10.6 Å². The van der Waals surface area contributed by atoms with E-state index in [9.17, 15) is 14.9 Å². The molecule has 6 heteroatoms. The molecule has 0 bridgehead atoms. The molecule has 3 aromatic rings. The monoisotopic (exact) mass is 361 g/mol. The van der Waals surface area contributed by atoms with Gasteiger partial charge in [-0.15, -0.1) is 0 Å². The fourth-order valence-corrected chi connectivity index (χ4v) is 2.84. The van der Waals surface area contributed by atoms with Gasteiger partial charge in [0.15, 0.2) is 0 Å². The molecule has 0 aliphatic rings. The SMILES string of the molecule is Cc1c(NCC(=O)Nc2ccccc2-c2ccccc2)cccc1[N+](=O)[O-]. The minimum absolute atomic E-state index is 0.00509. The molecule has 0 unspecified atom stereocenters. The Hall–Kier alpha value is -3.67. The van der Waals surface area contributed by atoms with Gasteiger partial charge in [0, 0.05) is 28.6 Å². The standard InChI is InChI=1S/C21H19N3O3/c1-15-18(12-7-13-20(15)24(26)27)22-14-21(25)23-19-11-6-5-10-17(19)16-8-3-2-4-9-16/h2-13,22H,14H2,1H3,(H,23,25). The summed E-state index contributed by atoms with van der Waals surface area (Å²) in [5, 5.41) is 16.9. The number of anilines is 2. The van der Waals surface area contributed by atoms with E-state index >= 15 is 0 Å². The highest BCUT2D eigenvalue weighted by atomic mass is 16.6. The van der Waals surface area contributed by atoms with Gasteiger partial charge in [0.05, 0.1) is 11.5 Å². The van der Waals surface area contributed by atoms with Crippen molar-refractivity contribution in [1.82, 2.24) is 0 Å². The van der Waals surface area contributed by atoms with Crippen molar-refractivity contribution in [3.05, 3.63) is 88.5 Å². The van der Waals surface area contributed by atoms with E-state index in [0.29, 0.717) is 16.9 Å². The molecule has 27 heavy (non-hydrogen) atoms. The molecule has 0 fully saturated rings. The number of carbonyl (C=O) groups excluding carboxylic acids is 1. The topological polar surface area (TPSA) is 84.3 Å². The third-order valence-corrected chi connectivity index (χ3v) is 4.23. The molecule has 3 aromatic carbocycles. The van der Waals surface area contributed by atoms with Crippen LogP contribution >= 0.6 is 0 Å². The Balaban J connectivity index is 1.71. The van der Waals surface area contributed by atoms with Crippen LogP contribution in [0, 0.1) is 17.0 Å². The molecule has 0 aromatic heterocycles. The predicted octanol–water partition coefficient (Wildman–Crippen LogP) is 4.62. The van der Waals surface area contributed by atoms with Crippen molar-refractivity contribution < 1.29 is 9.72 Å². The van der Waals surface area contributed by atoms with Crippen molar-refractivity contribution in [2.45, 2.75) is 6.92 Å². The third-order valence-electron chi connectivity index (χ3n) is 4.23. The minimum atomic E-state index is -0.434. The van der Waals surface area contributed by atoms with Crippen molar-refractivity contribution in [2.75, 3.05) is 17.2 Å². The zero-order chi connectivity index (χ0) is 19.2. The molecule has 3 rings (SSSR count). The van der Waals surface area contributed by atoms with Crippen molar-refractivity contribution in [3.8, 4) is 11.1 Å². The summed E-state index contributed by atoms with van der Waals surface area (Å²) in [6.45, 7) is 1.66. The third kappa shape index (κ3) is 4.30. The summed E-state index contributed by atoms with van der Waals surface area (Å²) >= 11 is 0. The lowest BCUT2D eigenvalue weighted by Gasteiger charge is -2.13. The Bertz CT molecular complexity index is 971. The summed E-state index contributed by atoms with van der Waals surface area (Å²) in [6, 6.07) is 22.1. The molecule has 0 atom stereocenters. The quantitative estimate of drug-likeness (QED) is 0.495.